The second-order valence-corrected chi connectivity index (χ2v) is 7.81. The molecule has 1 amide bonds. The van der Waals surface area contributed by atoms with Crippen LogP contribution >= 0.6 is 0 Å². The highest BCUT2D eigenvalue weighted by Gasteiger charge is 2.30. The van der Waals surface area contributed by atoms with Crippen molar-refractivity contribution < 1.29 is 4.79 Å². The zero-order valence-corrected chi connectivity index (χ0v) is 15.7. The van der Waals surface area contributed by atoms with Gasteiger partial charge >= 0.3 is 0 Å². The minimum atomic E-state index is 0.149. The van der Waals surface area contributed by atoms with Gasteiger partial charge in [0, 0.05) is 31.0 Å². The Kier molecular flexibility index (Phi) is 5.11. The number of carbonyl (C=O) groups excluding carboxylic acids is 1. The van der Waals surface area contributed by atoms with Crippen molar-refractivity contribution in [1.82, 2.24) is 14.8 Å². The van der Waals surface area contributed by atoms with Gasteiger partial charge in [0.25, 0.3) is 0 Å². The molecule has 0 spiro atoms. The standard InChI is InChI=1S/C22H29N3O/c1-17-9-11-18(12-10-17)22-20-8-5-13-24(20)14-15-25(22)16-21(26)23-19-6-3-2-4-7-19/h5,8-13,19,22H,2-4,6-7,14-16H2,1H3,(H,23,26). The van der Waals surface area contributed by atoms with E-state index in [-0.39, 0.29) is 11.9 Å². The maximum Gasteiger partial charge on any atom is 0.234 e. The molecule has 4 rings (SSSR count). The molecule has 4 nitrogen and oxygen atoms in total. The number of fused-ring (bicyclic) bond motifs is 1. The number of carbonyl (C=O) groups is 1. The van der Waals surface area contributed by atoms with Gasteiger partial charge in [0.2, 0.25) is 5.91 Å². The maximum absolute atomic E-state index is 12.7. The summed E-state index contributed by atoms with van der Waals surface area (Å²) in [4.78, 5) is 15.0. The van der Waals surface area contributed by atoms with E-state index in [4.69, 9.17) is 0 Å². The molecule has 1 aliphatic heterocycles. The number of hydrogen-bond acceptors (Lipinski definition) is 2. The zero-order chi connectivity index (χ0) is 17.9. The average molecular weight is 351 g/mol. The molecule has 0 saturated heterocycles. The number of benzene rings is 1. The van der Waals surface area contributed by atoms with E-state index in [1.807, 2.05) is 0 Å². The van der Waals surface area contributed by atoms with Gasteiger partial charge in [-0.1, -0.05) is 49.1 Å². The largest absolute Gasteiger partial charge is 0.352 e. The fraction of sp³-hybridized carbons (Fsp3) is 0.500. The second kappa shape index (κ2) is 7.67. The van der Waals surface area contributed by atoms with Crippen molar-refractivity contribution in [1.29, 1.82) is 0 Å². The normalized spacial score (nSPS) is 21.3. The summed E-state index contributed by atoms with van der Waals surface area (Å²) in [5.41, 5.74) is 3.81. The van der Waals surface area contributed by atoms with E-state index in [0.29, 0.717) is 12.6 Å². The summed E-state index contributed by atoms with van der Waals surface area (Å²) in [7, 11) is 0. The maximum atomic E-state index is 12.7. The minimum Gasteiger partial charge on any atom is -0.352 e. The first kappa shape index (κ1) is 17.3. The lowest BCUT2D eigenvalue weighted by Crippen LogP contribution is -2.46. The number of hydrogen-bond donors (Lipinski definition) is 1. The summed E-state index contributed by atoms with van der Waals surface area (Å²) in [5.74, 6) is 0.175. The van der Waals surface area contributed by atoms with Gasteiger partial charge in [-0.05, 0) is 37.5 Å². The van der Waals surface area contributed by atoms with Crippen molar-refractivity contribution in [2.75, 3.05) is 13.1 Å². The quantitative estimate of drug-likeness (QED) is 0.913. The molecule has 4 heteroatoms. The van der Waals surface area contributed by atoms with E-state index in [0.717, 1.165) is 25.9 Å². The SMILES string of the molecule is Cc1ccc(C2c3cccn3CCN2CC(=O)NC2CCCCC2)cc1. The van der Waals surface area contributed by atoms with Gasteiger partial charge in [-0.25, -0.2) is 0 Å². The highest BCUT2D eigenvalue weighted by Crippen LogP contribution is 2.32. The molecule has 1 unspecified atom stereocenters. The molecule has 1 aromatic carbocycles. The van der Waals surface area contributed by atoms with E-state index in [2.05, 4.69) is 64.3 Å². The van der Waals surface area contributed by atoms with Crippen LogP contribution in [0.2, 0.25) is 0 Å². The van der Waals surface area contributed by atoms with Crippen LogP contribution in [-0.2, 0) is 11.3 Å². The molecule has 1 N–H and O–H groups in total. The van der Waals surface area contributed by atoms with Gasteiger partial charge in [-0.3, -0.25) is 9.69 Å². The monoisotopic (exact) mass is 351 g/mol. The van der Waals surface area contributed by atoms with Crippen molar-refractivity contribution in [3.63, 3.8) is 0 Å². The van der Waals surface area contributed by atoms with Gasteiger partial charge in [-0.2, -0.15) is 0 Å². The first-order chi connectivity index (χ1) is 12.7. The van der Waals surface area contributed by atoms with Crippen molar-refractivity contribution in [2.24, 2.45) is 0 Å². The molecular formula is C22H29N3O. The Bertz CT molecular complexity index is 743. The topological polar surface area (TPSA) is 37.3 Å². The lowest BCUT2D eigenvalue weighted by Gasteiger charge is -2.37. The second-order valence-electron chi connectivity index (χ2n) is 7.81. The molecule has 0 bridgehead atoms. The Labute approximate surface area is 156 Å². The van der Waals surface area contributed by atoms with E-state index < -0.39 is 0 Å². The lowest BCUT2D eigenvalue weighted by atomic mass is 9.95. The van der Waals surface area contributed by atoms with Gasteiger partial charge < -0.3 is 9.88 Å². The van der Waals surface area contributed by atoms with Crippen LogP contribution in [0.3, 0.4) is 0 Å². The van der Waals surface area contributed by atoms with Crippen LogP contribution < -0.4 is 5.32 Å². The molecule has 1 atom stereocenters. The Morgan fingerprint density at radius 2 is 1.85 bits per heavy atom. The average Bonchev–Trinajstić information content (AvgIpc) is 3.12. The predicted octanol–water partition coefficient (Wildman–Crippen LogP) is 3.65. The third-order valence-electron chi connectivity index (χ3n) is 5.85. The summed E-state index contributed by atoms with van der Waals surface area (Å²) in [6, 6.07) is 13.6. The number of rotatable bonds is 4. The number of nitrogens with one attached hydrogen (secondary N) is 1. The van der Waals surface area contributed by atoms with Gasteiger partial charge in [0.15, 0.2) is 0 Å². The minimum absolute atomic E-state index is 0.149. The molecule has 26 heavy (non-hydrogen) atoms. The van der Waals surface area contributed by atoms with Crippen LogP contribution in [0, 0.1) is 6.92 Å². The summed E-state index contributed by atoms with van der Waals surface area (Å²) in [6.45, 7) is 4.43. The smallest absolute Gasteiger partial charge is 0.234 e. The predicted molar refractivity (Wildman–Crippen MR) is 104 cm³/mol. The van der Waals surface area contributed by atoms with Gasteiger partial charge in [0.1, 0.15) is 0 Å². The third-order valence-corrected chi connectivity index (χ3v) is 5.85. The Morgan fingerprint density at radius 3 is 2.62 bits per heavy atom. The number of aryl methyl sites for hydroxylation is 1. The van der Waals surface area contributed by atoms with Crippen LogP contribution in [0.25, 0.3) is 0 Å². The molecule has 2 heterocycles. The number of aromatic nitrogens is 1. The highest BCUT2D eigenvalue weighted by atomic mass is 16.2. The molecule has 0 radical (unpaired) electrons. The first-order valence-corrected chi connectivity index (χ1v) is 9.96. The fourth-order valence-electron chi connectivity index (χ4n) is 4.44. The summed E-state index contributed by atoms with van der Waals surface area (Å²) in [5, 5.41) is 3.28. The van der Waals surface area contributed by atoms with Crippen LogP contribution in [0.1, 0.15) is 55.0 Å². The Balaban J connectivity index is 1.52. The Hall–Kier alpha value is -2.07. The van der Waals surface area contributed by atoms with Crippen molar-refractivity contribution >= 4 is 5.91 Å². The Morgan fingerprint density at radius 1 is 1.08 bits per heavy atom. The summed E-state index contributed by atoms with van der Waals surface area (Å²) < 4.78 is 2.32. The molecule has 1 aromatic heterocycles. The number of amides is 1. The zero-order valence-electron chi connectivity index (χ0n) is 15.7. The van der Waals surface area contributed by atoms with E-state index in [1.54, 1.807) is 0 Å². The van der Waals surface area contributed by atoms with Gasteiger partial charge in [0.05, 0.1) is 12.6 Å². The van der Waals surface area contributed by atoms with Crippen LogP contribution in [0.4, 0.5) is 0 Å². The number of nitrogens with zero attached hydrogens (tertiary/aromatic N) is 2. The van der Waals surface area contributed by atoms with Crippen molar-refractivity contribution in [3.05, 3.63) is 59.4 Å². The van der Waals surface area contributed by atoms with E-state index >= 15 is 0 Å². The third kappa shape index (κ3) is 3.70. The molecule has 138 valence electrons. The molecule has 1 aliphatic carbocycles. The van der Waals surface area contributed by atoms with Crippen molar-refractivity contribution in [3.8, 4) is 0 Å². The highest BCUT2D eigenvalue weighted by molar-refractivity contribution is 5.78. The van der Waals surface area contributed by atoms with Crippen LogP contribution in [0.15, 0.2) is 42.6 Å². The van der Waals surface area contributed by atoms with E-state index in [9.17, 15) is 4.79 Å². The molecule has 2 aromatic rings. The molecule has 1 saturated carbocycles. The van der Waals surface area contributed by atoms with E-state index in [1.165, 1.54) is 36.1 Å². The summed E-state index contributed by atoms with van der Waals surface area (Å²) in [6.07, 6.45) is 8.22. The van der Waals surface area contributed by atoms with Crippen molar-refractivity contribution in [2.45, 2.75) is 57.7 Å². The fourth-order valence-corrected chi connectivity index (χ4v) is 4.44. The lowest BCUT2D eigenvalue weighted by molar-refractivity contribution is -0.123. The molecule has 2 aliphatic rings. The molecule has 1 fully saturated rings. The molecular weight excluding hydrogens is 322 g/mol. The summed E-state index contributed by atoms with van der Waals surface area (Å²) >= 11 is 0. The van der Waals surface area contributed by atoms with Crippen LogP contribution in [-0.4, -0.2) is 34.5 Å². The van der Waals surface area contributed by atoms with Crippen LogP contribution in [0.5, 0.6) is 0 Å². The van der Waals surface area contributed by atoms with Gasteiger partial charge in [-0.15, -0.1) is 0 Å². The first-order valence-electron chi connectivity index (χ1n) is 9.96.